The minimum atomic E-state index is -3.91. The number of hydrogen-bond acceptors (Lipinski definition) is 5. The smallest absolute Gasteiger partial charge is 0.265 e. The molecule has 1 aromatic heterocycles. The predicted molar refractivity (Wildman–Crippen MR) is 98.1 cm³/mol. The largest absolute Gasteiger partial charge is 0.497 e. The Hall–Kier alpha value is -3.07. The number of aromatic nitrogens is 2. The van der Waals surface area contributed by atoms with Crippen LogP contribution < -0.4 is 14.2 Å². The molecule has 0 atom stereocenters. The molecule has 1 N–H and O–H groups in total. The third kappa shape index (κ3) is 4.20. The minimum absolute atomic E-state index is 0.0346. The highest BCUT2D eigenvalue weighted by molar-refractivity contribution is 7.92. The second-order valence-corrected chi connectivity index (χ2v) is 7.29. The molecule has 142 valence electrons. The van der Waals surface area contributed by atoms with Crippen molar-refractivity contribution in [1.29, 1.82) is 0 Å². The van der Waals surface area contributed by atoms with E-state index in [1.807, 2.05) is 0 Å². The highest BCUT2D eigenvalue weighted by Crippen LogP contribution is 2.29. The zero-order chi connectivity index (χ0) is 19.4. The van der Waals surface area contributed by atoms with Gasteiger partial charge in [-0.15, -0.1) is 0 Å². The summed E-state index contributed by atoms with van der Waals surface area (Å²) in [6.07, 6.45) is 2.84. The first kappa shape index (κ1) is 18.7. The standard InChI is InChI=1S/C18H18FN3O4S/c1-25-15-7-8-18(17(9-15)26-2)27(23,24)21-14-10-20-22(12-14)11-13-5-3-4-6-16(13)19/h3-10,12,21H,11H2,1-2H3. The third-order valence-electron chi connectivity index (χ3n) is 3.84. The Morgan fingerprint density at radius 2 is 1.93 bits per heavy atom. The SMILES string of the molecule is COc1ccc(S(=O)(=O)Nc2cnn(Cc3ccccc3F)c2)c(OC)c1. The van der Waals surface area contributed by atoms with Crippen molar-refractivity contribution < 1.29 is 22.3 Å². The van der Waals surface area contributed by atoms with Gasteiger partial charge in [0, 0.05) is 17.8 Å². The lowest BCUT2D eigenvalue weighted by atomic mass is 10.2. The number of benzene rings is 2. The van der Waals surface area contributed by atoms with E-state index in [0.717, 1.165) is 0 Å². The van der Waals surface area contributed by atoms with Gasteiger partial charge in [0.15, 0.2) is 0 Å². The van der Waals surface area contributed by atoms with Crippen LogP contribution in [0.4, 0.5) is 10.1 Å². The fourth-order valence-electron chi connectivity index (χ4n) is 2.51. The Bertz CT molecular complexity index is 1050. The molecule has 3 aromatic rings. The molecule has 0 radical (unpaired) electrons. The van der Waals surface area contributed by atoms with Crippen LogP contribution in [0.5, 0.6) is 11.5 Å². The molecule has 1 heterocycles. The second kappa shape index (κ2) is 7.67. The summed E-state index contributed by atoms with van der Waals surface area (Å²) in [5.41, 5.74) is 0.705. The first-order chi connectivity index (χ1) is 12.9. The van der Waals surface area contributed by atoms with Crippen LogP contribution in [0.15, 0.2) is 59.8 Å². The molecular weight excluding hydrogens is 373 g/mol. The van der Waals surface area contributed by atoms with Gasteiger partial charge < -0.3 is 9.47 Å². The number of methoxy groups -OCH3 is 2. The summed E-state index contributed by atoms with van der Waals surface area (Å²) in [4.78, 5) is -0.0346. The van der Waals surface area contributed by atoms with Gasteiger partial charge in [0.25, 0.3) is 10.0 Å². The van der Waals surface area contributed by atoms with E-state index in [0.29, 0.717) is 11.3 Å². The highest BCUT2D eigenvalue weighted by atomic mass is 32.2. The van der Waals surface area contributed by atoms with Crippen LogP contribution in [0, 0.1) is 5.82 Å². The topological polar surface area (TPSA) is 82.5 Å². The Balaban J connectivity index is 1.81. The van der Waals surface area contributed by atoms with Gasteiger partial charge >= 0.3 is 0 Å². The monoisotopic (exact) mass is 391 g/mol. The molecule has 0 aliphatic carbocycles. The number of nitrogens with zero attached hydrogens (tertiary/aromatic N) is 2. The molecule has 3 rings (SSSR count). The summed E-state index contributed by atoms with van der Waals surface area (Å²) in [7, 11) is -1.05. The van der Waals surface area contributed by atoms with E-state index in [-0.39, 0.29) is 28.7 Å². The van der Waals surface area contributed by atoms with E-state index in [2.05, 4.69) is 9.82 Å². The van der Waals surface area contributed by atoms with Gasteiger partial charge in [0.05, 0.1) is 32.6 Å². The maximum atomic E-state index is 13.7. The lowest BCUT2D eigenvalue weighted by molar-refractivity contribution is 0.386. The molecule has 0 saturated heterocycles. The molecule has 27 heavy (non-hydrogen) atoms. The molecule has 2 aromatic carbocycles. The van der Waals surface area contributed by atoms with Gasteiger partial charge in [-0.2, -0.15) is 5.10 Å². The van der Waals surface area contributed by atoms with Crippen molar-refractivity contribution in [2.24, 2.45) is 0 Å². The van der Waals surface area contributed by atoms with Gasteiger partial charge in [0.1, 0.15) is 22.2 Å². The van der Waals surface area contributed by atoms with E-state index in [4.69, 9.17) is 9.47 Å². The fourth-order valence-corrected chi connectivity index (χ4v) is 3.69. The summed E-state index contributed by atoms with van der Waals surface area (Å²) < 4.78 is 53.2. The molecule has 0 aliphatic rings. The quantitative estimate of drug-likeness (QED) is 0.670. The van der Waals surface area contributed by atoms with Crippen LogP contribution in [-0.4, -0.2) is 32.4 Å². The zero-order valence-corrected chi connectivity index (χ0v) is 15.5. The average Bonchev–Trinajstić information content (AvgIpc) is 3.09. The van der Waals surface area contributed by atoms with Crippen molar-refractivity contribution in [2.45, 2.75) is 11.4 Å². The van der Waals surface area contributed by atoms with Crippen LogP contribution in [0.2, 0.25) is 0 Å². The molecule has 0 aliphatic heterocycles. The summed E-state index contributed by atoms with van der Waals surface area (Å²) in [6, 6.07) is 10.7. The van der Waals surface area contributed by atoms with E-state index in [1.54, 1.807) is 18.2 Å². The Morgan fingerprint density at radius 1 is 1.15 bits per heavy atom. The van der Waals surface area contributed by atoms with Crippen molar-refractivity contribution in [2.75, 3.05) is 18.9 Å². The lowest BCUT2D eigenvalue weighted by Crippen LogP contribution is -2.13. The summed E-state index contributed by atoms with van der Waals surface area (Å²) in [5, 5.41) is 4.07. The van der Waals surface area contributed by atoms with E-state index < -0.39 is 10.0 Å². The zero-order valence-electron chi connectivity index (χ0n) is 14.7. The normalized spacial score (nSPS) is 11.2. The summed E-state index contributed by atoms with van der Waals surface area (Å²) in [6.45, 7) is 0.181. The Labute approximate surface area is 156 Å². The average molecular weight is 391 g/mol. The van der Waals surface area contributed by atoms with Crippen molar-refractivity contribution in [3.8, 4) is 11.5 Å². The number of anilines is 1. The molecule has 0 saturated carbocycles. The Morgan fingerprint density at radius 3 is 2.63 bits per heavy atom. The molecule has 0 spiro atoms. The van der Waals surface area contributed by atoms with Crippen molar-refractivity contribution in [1.82, 2.24) is 9.78 Å². The third-order valence-corrected chi connectivity index (χ3v) is 5.26. The second-order valence-electron chi connectivity index (χ2n) is 5.64. The molecule has 7 nitrogen and oxygen atoms in total. The maximum Gasteiger partial charge on any atom is 0.265 e. The van der Waals surface area contributed by atoms with Crippen LogP contribution in [0.25, 0.3) is 0 Å². The van der Waals surface area contributed by atoms with E-state index in [1.165, 1.54) is 55.6 Å². The van der Waals surface area contributed by atoms with E-state index in [9.17, 15) is 12.8 Å². The highest BCUT2D eigenvalue weighted by Gasteiger charge is 2.21. The molecule has 0 bridgehead atoms. The molecule has 0 unspecified atom stereocenters. The van der Waals surface area contributed by atoms with Crippen LogP contribution in [0.1, 0.15) is 5.56 Å². The van der Waals surface area contributed by atoms with Gasteiger partial charge in [-0.3, -0.25) is 9.40 Å². The van der Waals surface area contributed by atoms with Crippen molar-refractivity contribution in [3.63, 3.8) is 0 Å². The number of hydrogen-bond donors (Lipinski definition) is 1. The molecule has 9 heteroatoms. The molecule has 0 fully saturated rings. The summed E-state index contributed by atoms with van der Waals surface area (Å²) >= 11 is 0. The molecule has 0 amide bonds. The van der Waals surface area contributed by atoms with Crippen LogP contribution >= 0.6 is 0 Å². The summed E-state index contributed by atoms with van der Waals surface area (Å²) in [5.74, 6) is 0.280. The maximum absolute atomic E-state index is 13.7. The number of sulfonamides is 1. The fraction of sp³-hybridized carbons (Fsp3) is 0.167. The van der Waals surface area contributed by atoms with Crippen molar-refractivity contribution >= 4 is 15.7 Å². The van der Waals surface area contributed by atoms with Crippen molar-refractivity contribution in [3.05, 3.63) is 66.2 Å². The number of rotatable bonds is 7. The first-order valence-corrected chi connectivity index (χ1v) is 9.42. The number of ether oxygens (including phenoxy) is 2. The predicted octanol–water partition coefficient (Wildman–Crippen LogP) is 2.89. The van der Waals surface area contributed by atoms with Crippen LogP contribution in [-0.2, 0) is 16.6 Å². The number of halogens is 1. The first-order valence-electron chi connectivity index (χ1n) is 7.93. The Kier molecular flexibility index (Phi) is 5.31. The van der Waals surface area contributed by atoms with Gasteiger partial charge in [-0.1, -0.05) is 18.2 Å². The lowest BCUT2D eigenvalue weighted by Gasteiger charge is -2.11. The van der Waals surface area contributed by atoms with Crippen LogP contribution in [0.3, 0.4) is 0 Å². The van der Waals surface area contributed by atoms with Gasteiger partial charge in [-0.25, -0.2) is 12.8 Å². The van der Waals surface area contributed by atoms with Gasteiger partial charge in [0.2, 0.25) is 0 Å². The number of nitrogens with one attached hydrogen (secondary N) is 1. The minimum Gasteiger partial charge on any atom is -0.497 e. The van der Waals surface area contributed by atoms with E-state index >= 15 is 0 Å². The van der Waals surface area contributed by atoms with Gasteiger partial charge in [-0.05, 0) is 18.2 Å². The molecular formula is C18H18FN3O4S.